The Kier molecular flexibility index (Phi) is 6.30. The first-order valence-corrected chi connectivity index (χ1v) is 6.93. The molecule has 0 amide bonds. The summed E-state index contributed by atoms with van der Waals surface area (Å²) in [4.78, 5) is 1.37. The van der Waals surface area contributed by atoms with Crippen LogP contribution >= 0.6 is 22.9 Å². The molecule has 0 fully saturated rings. The van der Waals surface area contributed by atoms with Gasteiger partial charge in [-0.3, -0.25) is 0 Å². The molecule has 1 N–H and O–H groups in total. The first kappa shape index (κ1) is 13.0. The molecular weight excluding hydrogens is 226 g/mol. The van der Waals surface area contributed by atoms with Crippen LogP contribution in [0.3, 0.4) is 0 Å². The van der Waals surface area contributed by atoms with Gasteiger partial charge in [0.2, 0.25) is 0 Å². The Labute approximate surface area is 102 Å². The molecule has 0 bridgehead atoms. The van der Waals surface area contributed by atoms with Gasteiger partial charge in [-0.2, -0.15) is 0 Å². The zero-order chi connectivity index (χ0) is 11.1. The zero-order valence-electron chi connectivity index (χ0n) is 9.55. The van der Waals surface area contributed by atoms with Gasteiger partial charge in [0.25, 0.3) is 0 Å². The Hall–Kier alpha value is -0.0500. The van der Waals surface area contributed by atoms with Crippen LogP contribution in [0.25, 0.3) is 0 Å². The molecule has 0 saturated carbocycles. The van der Waals surface area contributed by atoms with Crippen LogP contribution < -0.4 is 5.32 Å². The lowest BCUT2D eigenvalue weighted by molar-refractivity contribution is 0.467. The van der Waals surface area contributed by atoms with Crippen molar-refractivity contribution < 1.29 is 0 Å². The Morgan fingerprint density at radius 1 is 1.40 bits per heavy atom. The molecule has 1 aromatic heterocycles. The highest BCUT2D eigenvalue weighted by Crippen LogP contribution is 2.21. The minimum atomic E-state index is 0.686. The highest BCUT2D eigenvalue weighted by Gasteiger charge is 2.04. The molecule has 1 atom stereocenters. The van der Waals surface area contributed by atoms with Crippen molar-refractivity contribution in [1.29, 1.82) is 0 Å². The van der Waals surface area contributed by atoms with E-state index in [9.17, 15) is 0 Å². The number of hydrogen-bond acceptors (Lipinski definition) is 2. The SMILES string of the molecule is CCCC(CC)NCCc1ccc(Cl)s1. The summed E-state index contributed by atoms with van der Waals surface area (Å²) in [6, 6.07) is 4.78. The lowest BCUT2D eigenvalue weighted by atomic mass is 10.1. The summed E-state index contributed by atoms with van der Waals surface area (Å²) in [6.45, 7) is 5.55. The van der Waals surface area contributed by atoms with Gasteiger partial charge in [-0.1, -0.05) is 31.9 Å². The minimum Gasteiger partial charge on any atom is -0.314 e. The van der Waals surface area contributed by atoms with E-state index in [1.54, 1.807) is 11.3 Å². The average molecular weight is 246 g/mol. The summed E-state index contributed by atoms with van der Waals surface area (Å²) in [6.07, 6.45) is 4.86. The van der Waals surface area contributed by atoms with Crippen LogP contribution in [-0.4, -0.2) is 12.6 Å². The molecule has 1 nitrogen and oxygen atoms in total. The first-order chi connectivity index (χ1) is 7.26. The van der Waals surface area contributed by atoms with E-state index in [1.165, 1.54) is 24.1 Å². The normalized spacial score (nSPS) is 13.0. The lowest BCUT2D eigenvalue weighted by Gasteiger charge is -2.15. The van der Waals surface area contributed by atoms with Crippen molar-refractivity contribution in [2.75, 3.05) is 6.54 Å². The molecule has 0 saturated heterocycles. The summed E-state index contributed by atoms with van der Waals surface area (Å²) in [5.74, 6) is 0. The van der Waals surface area contributed by atoms with Gasteiger partial charge in [-0.15, -0.1) is 11.3 Å². The monoisotopic (exact) mass is 245 g/mol. The van der Waals surface area contributed by atoms with Crippen molar-refractivity contribution in [3.05, 3.63) is 21.3 Å². The molecule has 0 aliphatic heterocycles. The number of thiophene rings is 1. The van der Waals surface area contributed by atoms with Crippen LogP contribution in [0.5, 0.6) is 0 Å². The van der Waals surface area contributed by atoms with Crippen molar-refractivity contribution in [1.82, 2.24) is 5.32 Å². The average Bonchev–Trinajstić information content (AvgIpc) is 2.63. The van der Waals surface area contributed by atoms with Crippen molar-refractivity contribution in [3.8, 4) is 0 Å². The molecule has 0 aliphatic carbocycles. The molecule has 1 unspecified atom stereocenters. The number of hydrogen-bond donors (Lipinski definition) is 1. The molecule has 0 aliphatic rings. The van der Waals surface area contributed by atoms with E-state index >= 15 is 0 Å². The Morgan fingerprint density at radius 2 is 2.20 bits per heavy atom. The van der Waals surface area contributed by atoms with E-state index in [2.05, 4.69) is 25.2 Å². The second kappa shape index (κ2) is 7.26. The molecule has 1 rings (SSSR count). The van der Waals surface area contributed by atoms with Crippen LogP contribution in [-0.2, 0) is 6.42 Å². The van der Waals surface area contributed by atoms with Gasteiger partial charge in [-0.05, 0) is 31.4 Å². The summed E-state index contributed by atoms with van der Waals surface area (Å²) in [7, 11) is 0. The second-order valence-electron chi connectivity index (χ2n) is 3.80. The molecule has 0 radical (unpaired) electrons. The Balaban J connectivity index is 2.20. The summed E-state index contributed by atoms with van der Waals surface area (Å²) < 4.78 is 0.894. The molecular formula is C12H20ClNS. The van der Waals surface area contributed by atoms with Crippen LogP contribution in [0.4, 0.5) is 0 Å². The first-order valence-electron chi connectivity index (χ1n) is 5.73. The third-order valence-electron chi connectivity index (χ3n) is 2.56. The van der Waals surface area contributed by atoms with Gasteiger partial charge >= 0.3 is 0 Å². The quantitative estimate of drug-likeness (QED) is 0.762. The van der Waals surface area contributed by atoms with Crippen molar-refractivity contribution in [2.45, 2.75) is 45.6 Å². The molecule has 0 spiro atoms. The van der Waals surface area contributed by atoms with Gasteiger partial charge in [0.1, 0.15) is 0 Å². The summed E-state index contributed by atoms with van der Waals surface area (Å²) in [5, 5.41) is 3.59. The minimum absolute atomic E-state index is 0.686. The van der Waals surface area contributed by atoms with E-state index in [1.807, 2.05) is 6.07 Å². The van der Waals surface area contributed by atoms with E-state index < -0.39 is 0 Å². The molecule has 1 heterocycles. The lowest BCUT2D eigenvalue weighted by Crippen LogP contribution is -2.29. The van der Waals surface area contributed by atoms with Crippen molar-refractivity contribution >= 4 is 22.9 Å². The molecule has 86 valence electrons. The summed E-state index contributed by atoms with van der Waals surface area (Å²) >= 11 is 7.56. The standard InChI is InChI=1S/C12H20ClNS/c1-3-5-10(4-2)14-9-8-11-6-7-12(13)15-11/h6-7,10,14H,3-5,8-9H2,1-2H3. The highest BCUT2D eigenvalue weighted by atomic mass is 35.5. The third kappa shape index (κ3) is 5.01. The van der Waals surface area contributed by atoms with E-state index in [0.29, 0.717) is 6.04 Å². The highest BCUT2D eigenvalue weighted by molar-refractivity contribution is 7.16. The van der Waals surface area contributed by atoms with Crippen molar-refractivity contribution in [3.63, 3.8) is 0 Å². The summed E-state index contributed by atoms with van der Waals surface area (Å²) in [5.41, 5.74) is 0. The fourth-order valence-corrected chi connectivity index (χ4v) is 2.77. The maximum atomic E-state index is 5.88. The Morgan fingerprint density at radius 3 is 2.73 bits per heavy atom. The molecule has 1 aromatic rings. The van der Waals surface area contributed by atoms with Crippen LogP contribution in [0, 0.1) is 0 Å². The predicted octanol–water partition coefficient (Wildman–Crippen LogP) is 4.11. The smallest absolute Gasteiger partial charge is 0.0931 e. The van der Waals surface area contributed by atoms with Crippen LogP contribution in [0.1, 0.15) is 38.0 Å². The van der Waals surface area contributed by atoms with E-state index in [-0.39, 0.29) is 0 Å². The van der Waals surface area contributed by atoms with Gasteiger partial charge in [0, 0.05) is 17.5 Å². The zero-order valence-corrected chi connectivity index (χ0v) is 11.1. The number of nitrogens with one attached hydrogen (secondary N) is 1. The van der Waals surface area contributed by atoms with E-state index in [0.717, 1.165) is 17.3 Å². The Bertz CT molecular complexity index is 272. The van der Waals surface area contributed by atoms with Crippen molar-refractivity contribution in [2.24, 2.45) is 0 Å². The van der Waals surface area contributed by atoms with Gasteiger partial charge in [0.15, 0.2) is 0 Å². The van der Waals surface area contributed by atoms with Gasteiger partial charge in [0.05, 0.1) is 4.34 Å². The topological polar surface area (TPSA) is 12.0 Å². The second-order valence-corrected chi connectivity index (χ2v) is 5.60. The number of rotatable bonds is 7. The third-order valence-corrected chi connectivity index (χ3v) is 3.85. The molecule has 3 heteroatoms. The van der Waals surface area contributed by atoms with Gasteiger partial charge < -0.3 is 5.32 Å². The largest absolute Gasteiger partial charge is 0.314 e. The fourth-order valence-electron chi connectivity index (χ4n) is 1.68. The number of halogens is 1. The molecule has 0 aromatic carbocycles. The molecule has 15 heavy (non-hydrogen) atoms. The predicted molar refractivity (Wildman–Crippen MR) is 70.0 cm³/mol. The van der Waals surface area contributed by atoms with Crippen LogP contribution in [0.15, 0.2) is 12.1 Å². The maximum absolute atomic E-state index is 5.88. The maximum Gasteiger partial charge on any atom is 0.0931 e. The fraction of sp³-hybridized carbons (Fsp3) is 0.667. The van der Waals surface area contributed by atoms with Gasteiger partial charge in [-0.25, -0.2) is 0 Å². The van der Waals surface area contributed by atoms with Crippen LogP contribution in [0.2, 0.25) is 4.34 Å². The van der Waals surface area contributed by atoms with E-state index in [4.69, 9.17) is 11.6 Å².